The Hall–Kier alpha value is -1.73. The summed E-state index contributed by atoms with van der Waals surface area (Å²) in [7, 11) is 0. The van der Waals surface area contributed by atoms with Gasteiger partial charge < -0.3 is 10.4 Å². The van der Waals surface area contributed by atoms with Crippen LogP contribution in [-0.2, 0) is 0 Å². The van der Waals surface area contributed by atoms with Crippen molar-refractivity contribution in [1.82, 2.24) is 4.98 Å². The first kappa shape index (κ1) is 12.7. The van der Waals surface area contributed by atoms with E-state index in [-0.39, 0.29) is 11.3 Å². The van der Waals surface area contributed by atoms with Gasteiger partial charge in [-0.05, 0) is 39.5 Å². The van der Waals surface area contributed by atoms with Crippen molar-refractivity contribution in [3.05, 3.63) is 45.5 Å². The van der Waals surface area contributed by atoms with E-state index >= 15 is 0 Å². The van der Waals surface area contributed by atoms with Crippen LogP contribution in [0, 0.1) is 0 Å². The van der Waals surface area contributed by atoms with Crippen molar-refractivity contribution in [2.24, 2.45) is 0 Å². The molecule has 0 spiro atoms. The van der Waals surface area contributed by atoms with Crippen LogP contribution >= 0.6 is 27.3 Å². The summed E-state index contributed by atoms with van der Waals surface area (Å²) in [6.07, 6.45) is 1.50. The third-order valence-electron chi connectivity index (χ3n) is 2.08. The van der Waals surface area contributed by atoms with E-state index in [1.807, 2.05) is 0 Å². The first-order valence-electron chi connectivity index (χ1n) is 4.81. The van der Waals surface area contributed by atoms with Gasteiger partial charge in [0, 0.05) is 10.7 Å². The van der Waals surface area contributed by atoms with Gasteiger partial charge in [0.15, 0.2) is 0 Å². The summed E-state index contributed by atoms with van der Waals surface area (Å²) in [4.78, 5) is 26.6. The number of carbonyl (C=O) groups is 2. The van der Waals surface area contributed by atoms with Crippen molar-refractivity contribution in [3.8, 4) is 0 Å². The van der Waals surface area contributed by atoms with E-state index < -0.39 is 11.9 Å². The molecule has 0 radical (unpaired) electrons. The van der Waals surface area contributed by atoms with Crippen molar-refractivity contribution in [2.45, 2.75) is 0 Å². The molecule has 0 saturated heterocycles. The number of carboxylic acid groups (broad SMARTS) is 1. The molecule has 0 aliphatic heterocycles. The number of rotatable bonds is 3. The molecule has 0 atom stereocenters. The van der Waals surface area contributed by atoms with Crippen LogP contribution in [0.3, 0.4) is 0 Å². The van der Waals surface area contributed by atoms with Crippen molar-refractivity contribution < 1.29 is 14.7 Å². The van der Waals surface area contributed by atoms with Crippen molar-refractivity contribution >= 4 is 44.1 Å². The number of thiophene rings is 1. The van der Waals surface area contributed by atoms with Gasteiger partial charge in [0.05, 0.1) is 5.56 Å². The minimum atomic E-state index is -1.07. The van der Waals surface area contributed by atoms with Crippen LogP contribution in [0.25, 0.3) is 0 Å². The van der Waals surface area contributed by atoms with E-state index in [0.29, 0.717) is 5.00 Å². The fraction of sp³-hybridized carbons (Fsp3) is 0. The molecule has 2 aromatic rings. The molecule has 2 aromatic heterocycles. The third-order valence-corrected chi connectivity index (χ3v) is 3.38. The van der Waals surface area contributed by atoms with Gasteiger partial charge in [0.1, 0.15) is 10.7 Å². The highest BCUT2D eigenvalue weighted by molar-refractivity contribution is 9.10. The number of nitrogens with zero attached hydrogens (tertiary/aromatic N) is 1. The zero-order valence-corrected chi connectivity index (χ0v) is 11.3. The maximum atomic E-state index is 11.8. The second kappa shape index (κ2) is 5.28. The highest BCUT2D eigenvalue weighted by Crippen LogP contribution is 2.23. The lowest BCUT2D eigenvalue weighted by atomic mass is 10.3. The molecular formula is C11H7BrN2O3S. The van der Waals surface area contributed by atoms with Crippen molar-refractivity contribution in [2.75, 3.05) is 5.32 Å². The fourth-order valence-electron chi connectivity index (χ4n) is 1.25. The molecule has 2 heterocycles. The Labute approximate surface area is 115 Å². The maximum absolute atomic E-state index is 11.8. The van der Waals surface area contributed by atoms with Crippen LogP contribution in [0.2, 0.25) is 0 Å². The highest BCUT2D eigenvalue weighted by Gasteiger charge is 2.15. The lowest BCUT2D eigenvalue weighted by Gasteiger charge is -2.03. The Bertz CT molecular complexity index is 595. The normalized spacial score (nSPS) is 10.1. The monoisotopic (exact) mass is 326 g/mol. The first-order chi connectivity index (χ1) is 8.58. The molecule has 18 heavy (non-hydrogen) atoms. The van der Waals surface area contributed by atoms with Gasteiger partial charge in [-0.2, -0.15) is 0 Å². The summed E-state index contributed by atoms with van der Waals surface area (Å²) in [5, 5.41) is 13.3. The number of hydrogen-bond acceptors (Lipinski definition) is 4. The first-order valence-corrected chi connectivity index (χ1v) is 6.49. The second-order valence-electron chi connectivity index (χ2n) is 3.28. The van der Waals surface area contributed by atoms with Crippen LogP contribution in [-0.4, -0.2) is 22.0 Å². The predicted molar refractivity (Wildman–Crippen MR) is 71.2 cm³/mol. The molecule has 0 aliphatic rings. The maximum Gasteiger partial charge on any atom is 0.338 e. The zero-order valence-electron chi connectivity index (χ0n) is 8.88. The molecule has 0 bridgehead atoms. The van der Waals surface area contributed by atoms with Crippen LogP contribution in [0.1, 0.15) is 20.8 Å². The average molecular weight is 327 g/mol. The van der Waals surface area contributed by atoms with Gasteiger partial charge in [-0.3, -0.25) is 4.79 Å². The zero-order chi connectivity index (χ0) is 13.1. The lowest BCUT2D eigenvalue weighted by Crippen LogP contribution is -2.14. The van der Waals surface area contributed by atoms with Crippen LogP contribution in [0.5, 0.6) is 0 Å². The number of hydrogen-bond donors (Lipinski definition) is 2. The van der Waals surface area contributed by atoms with Gasteiger partial charge in [-0.1, -0.05) is 0 Å². The average Bonchev–Trinajstić information content (AvgIpc) is 2.78. The molecule has 7 heteroatoms. The highest BCUT2D eigenvalue weighted by atomic mass is 79.9. The summed E-state index contributed by atoms with van der Waals surface area (Å²) in [5.74, 6) is -1.51. The number of aromatic nitrogens is 1. The molecule has 0 saturated carbocycles. The fourth-order valence-corrected chi connectivity index (χ4v) is 2.26. The smallest absolute Gasteiger partial charge is 0.338 e. The number of anilines is 1. The standard InChI is InChI=1S/C11H7BrN2O3S/c12-6-1-2-8(13-5-6)9(15)14-10-7(11(16)17)3-4-18-10/h1-5H,(H,14,15)(H,16,17). The molecule has 2 rings (SSSR count). The van der Waals surface area contributed by atoms with Gasteiger partial charge in [0.25, 0.3) is 5.91 Å². The summed E-state index contributed by atoms with van der Waals surface area (Å²) in [5.41, 5.74) is 0.299. The molecule has 2 N–H and O–H groups in total. The van der Waals surface area contributed by atoms with E-state index in [1.165, 1.54) is 12.3 Å². The largest absolute Gasteiger partial charge is 0.478 e. The number of halogens is 1. The Morgan fingerprint density at radius 2 is 2.11 bits per heavy atom. The number of carboxylic acids is 1. The van der Waals surface area contributed by atoms with Gasteiger partial charge in [0.2, 0.25) is 0 Å². The van der Waals surface area contributed by atoms with Crippen molar-refractivity contribution in [3.63, 3.8) is 0 Å². The van der Waals surface area contributed by atoms with E-state index in [2.05, 4.69) is 26.2 Å². The second-order valence-corrected chi connectivity index (χ2v) is 5.12. The predicted octanol–water partition coefficient (Wildman–Crippen LogP) is 2.86. The SMILES string of the molecule is O=C(Nc1sccc1C(=O)O)c1ccc(Br)cn1. The Morgan fingerprint density at radius 1 is 1.33 bits per heavy atom. The van der Waals surface area contributed by atoms with E-state index in [0.717, 1.165) is 15.8 Å². The molecule has 0 aromatic carbocycles. The molecule has 92 valence electrons. The third kappa shape index (κ3) is 2.74. The van der Waals surface area contributed by atoms with Crippen molar-refractivity contribution in [1.29, 1.82) is 0 Å². The lowest BCUT2D eigenvalue weighted by molar-refractivity contribution is 0.0698. The molecule has 0 fully saturated rings. The van der Waals surface area contributed by atoms with Crippen LogP contribution < -0.4 is 5.32 Å². The Balaban J connectivity index is 2.19. The minimum Gasteiger partial charge on any atom is -0.478 e. The molecule has 0 aliphatic carbocycles. The molecular weight excluding hydrogens is 320 g/mol. The minimum absolute atomic E-state index is 0.0745. The number of amides is 1. The van der Waals surface area contributed by atoms with E-state index in [4.69, 9.17) is 5.11 Å². The number of pyridine rings is 1. The Morgan fingerprint density at radius 3 is 2.72 bits per heavy atom. The van der Waals surface area contributed by atoms with Gasteiger partial charge in [-0.25, -0.2) is 9.78 Å². The number of nitrogens with one attached hydrogen (secondary N) is 1. The number of carbonyl (C=O) groups excluding carboxylic acids is 1. The van der Waals surface area contributed by atoms with E-state index in [9.17, 15) is 9.59 Å². The summed E-state index contributed by atoms with van der Waals surface area (Å²) >= 11 is 4.37. The molecule has 0 unspecified atom stereocenters. The summed E-state index contributed by atoms with van der Waals surface area (Å²) in [6.45, 7) is 0. The van der Waals surface area contributed by atoms with Crippen LogP contribution in [0.4, 0.5) is 5.00 Å². The quantitative estimate of drug-likeness (QED) is 0.908. The van der Waals surface area contributed by atoms with Gasteiger partial charge >= 0.3 is 5.97 Å². The molecule has 5 nitrogen and oxygen atoms in total. The summed E-state index contributed by atoms with van der Waals surface area (Å²) < 4.78 is 0.765. The topological polar surface area (TPSA) is 79.3 Å². The van der Waals surface area contributed by atoms with Gasteiger partial charge in [-0.15, -0.1) is 11.3 Å². The Kier molecular flexibility index (Phi) is 3.73. The number of aromatic carboxylic acids is 1. The van der Waals surface area contributed by atoms with Crippen LogP contribution in [0.15, 0.2) is 34.2 Å². The summed E-state index contributed by atoms with van der Waals surface area (Å²) in [6, 6.07) is 4.68. The molecule has 1 amide bonds. The van der Waals surface area contributed by atoms with E-state index in [1.54, 1.807) is 17.5 Å².